The van der Waals surface area contributed by atoms with Crippen molar-refractivity contribution in [1.82, 2.24) is 30.2 Å². The number of phosphoric acid groups is 3. The van der Waals surface area contributed by atoms with Crippen LogP contribution in [0.25, 0.3) is 11.2 Å². The fraction of sp³-hybridized carbons (Fsp3) is 0.829. The van der Waals surface area contributed by atoms with Gasteiger partial charge in [-0.05, 0) is 12.2 Å². The summed E-state index contributed by atoms with van der Waals surface area (Å²) in [4.78, 5) is 76.2. The van der Waals surface area contributed by atoms with Gasteiger partial charge in [0.05, 0.1) is 19.5 Å². The maximum absolute atomic E-state index is 12.7. The van der Waals surface area contributed by atoms with Crippen molar-refractivity contribution < 1.29 is 75.7 Å². The van der Waals surface area contributed by atoms with Gasteiger partial charge in [0.1, 0.15) is 36.3 Å². The molecule has 0 spiro atoms. The van der Waals surface area contributed by atoms with Gasteiger partial charge < -0.3 is 50.9 Å². The van der Waals surface area contributed by atoms with Gasteiger partial charge in [0.15, 0.2) is 17.7 Å². The van der Waals surface area contributed by atoms with Crippen LogP contribution in [0.1, 0.15) is 149 Å². The van der Waals surface area contributed by atoms with Crippen LogP contribution in [0.2, 0.25) is 0 Å². The summed E-state index contributed by atoms with van der Waals surface area (Å²) < 4.78 is 62.5. The molecule has 7 atom stereocenters. The van der Waals surface area contributed by atoms with Crippen LogP contribution < -0.4 is 16.4 Å². The molecule has 2 aromatic heterocycles. The third-order valence-electron chi connectivity index (χ3n) is 11.3. The maximum atomic E-state index is 12.7. The van der Waals surface area contributed by atoms with Crippen molar-refractivity contribution in [2.24, 2.45) is 5.41 Å². The third kappa shape index (κ3) is 23.0. The Morgan fingerprint density at radius 1 is 0.824 bits per heavy atom. The molecule has 392 valence electrons. The third-order valence-corrected chi connectivity index (χ3v) is 15.5. The summed E-state index contributed by atoms with van der Waals surface area (Å²) in [6.07, 6.45) is 17.4. The van der Waals surface area contributed by atoms with E-state index < -0.39 is 78.6 Å². The fourth-order valence-electron chi connectivity index (χ4n) is 7.41. The zero-order valence-corrected chi connectivity index (χ0v) is 43.1. The number of ether oxygens (including phenoxy) is 1. The van der Waals surface area contributed by atoms with Gasteiger partial charge in [-0.1, -0.05) is 130 Å². The molecule has 0 aromatic carbocycles. The molecule has 2 amide bonds. The highest BCUT2D eigenvalue weighted by Crippen LogP contribution is 2.61. The Bertz CT molecular complexity index is 1950. The summed E-state index contributed by atoms with van der Waals surface area (Å²) in [5.74, 6) is 0.538. The highest BCUT2D eigenvalue weighted by atomic mass is 32.2. The normalized spacial score (nSPS) is 20.0. The van der Waals surface area contributed by atoms with Gasteiger partial charge in [0, 0.05) is 30.7 Å². The van der Waals surface area contributed by atoms with Crippen LogP contribution in [0.3, 0.4) is 0 Å². The minimum atomic E-state index is -5.55. The van der Waals surface area contributed by atoms with Gasteiger partial charge in [-0.3, -0.25) is 27.7 Å². The highest BCUT2D eigenvalue weighted by Gasteiger charge is 2.50. The summed E-state index contributed by atoms with van der Waals surface area (Å²) in [6, 6.07) is 0. The van der Waals surface area contributed by atoms with Gasteiger partial charge in [-0.25, -0.2) is 28.6 Å². The van der Waals surface area contributed by atoms with Gasteiger partial charge in [-0.2, -0.15) is 16.1 Å². The van der Waals surface area contributed by atoms with Crippen molar-refractivity contribution in [3.05, 3.63) is 12.7 Å². The number of nitrogen functional groups attached to an aromatic ring is 1. The number of nitrogens with one attached hydrogen (secondary N) is 2. The van der Waals surface area contributed by atoms with E-state index in [9.17, 15) is 53.1 Å². The first-order valence-electron chi connectivity index (χ1n) is 23.6. The van der Waals surface area contributed by atoms with E-state index in [1.807, 2.05) is 0 Å². The molecule has 27 heteroatoms. The highest BCUT2D eigenvalue weighted by molar-refractivity contribution is 7.99. The Kier molecular flexibility index (Phi) is 27.2. The SMILES string of the molecule is CCCCCCCCCCCCCCCCCCCCSCCNC(=O)CCNC(=O)[C@H](O)C(C)(C)COP(=O)(O)OP(=O)(O)OC[C@H]1O[C@@H](n2cnc3c(N)ncnc32)[C@H](O)[C@@H]1OP(=O)(O)O. The second kappa shape index (κ2) is 30.7. The van der Waals surface area contributed by atoms with E-state index in [0.717, 1.165) is 35.1 Å². The second-order valence-corrected chi connectivity index (χ2v) is 23.2. The van der Waals surface area contributed by atoms with Gasteiger partial charge in [-0.15, -0.1) is 0 Å². The van der Waals surface area contributed by atoms with Crippen molar-refractivity contribution in [3.8, 4) is 0 Å². The lowest BCUT2D eigenvalue weighted by Crippen LogP contribution is -2.46. The number of hydrogen-bond acceptors (Lipinski definition) is 17. The summed E-state index contributed by atoms with van der Waals surface area (Å²) in [6.45, 7) is 3.25. The number of thioether (sulfide) groups is 1. The summed E-state index contributed by atoms with van der Waals surface area (Å²) in [7, 11) is -16.3. The molecule has 0 bridgehead atoms. The minimum absolute atomic E-state index is 0.0314. The van der Waals surface area contributed by atoms with Crippen molar-refractivity contribution in [3.63, 3.8) is 0 Å². The molecule has 10 N–H and O–H groups in total. The largest absolute Gasteiger partial charge is 0.481 e. The topological polar surface area (TPSA) is 347 Å². The lowest BCUT2D eigenvalue weighted by atomic mass is 9.87. The smallest absolute Gasteiger partial charge is 0.386 e. The van der Waals surface area contributed by atoms with E-state index >= 15 is 0 Å². The van der Waals surface area contributed by atoms with Crippen LogP contribution in [0.15, 0.2) is 12.7 Å². The first-order valence-corrected chi connectivity index (χ1v) is 29.3. The Labute approximate surface area is 403 Å². The predicted octanol–water partition coefficient (Wildman–Crippen LogP) is 6.18. The molecular formula is C41H76N7O16P3S. The number of amides is 2. The molecule has 0 aliphatic carbocycles. The number of aliphatic hydroxyl groups is 2. The number of aliphatic hydroxyl groups excluding tert-OH is 2. The summed E-state index contributed by atoms with van der Waals surface area (Å²) >= 11 is 1.77. The van der Waals surface area contributed by atoms with E-state index in [1.54, 1.807) is 11.8 Å². The Balaban J connectivity index is 1.25. The maximum Gasteiger partial charge on any atom is 0.481 e. The first-order chi connectivity index (χ1) is 32.2. The van der Waals surface area contributed by atoms with Gasteiger partial charge in [0.25, 0.3) is 0 Å². The predicted molar refractivity (Wildman–Crippen MR) is 256 cm³/mol. The number of nitrogens with zero attached hydrogens (tertiary/aromatic N) is 4. The van der Waals surface area contributed by atoms with E-state index in [2.05, 4.69) is 41.3 Å². The number of carbonyl (C=O) groups is 2. The van der Waals surface area contributed by atoms with Crippen molar-refractivity contribution in [2.75, 3.05) is 43.5 Å². The average Bonchev–Trinajstić information content (AvgIpc) is 3.83. The van der Waals surface area contributed by atoms with Crippen LogP contribution in [0.4, 0.5) is 5.82 Å². The number of carbonyl (C=O) groups excluding carboxylic acids is 2. The molecule has 2 aromatic rings. The Morgan fingerprint density at radius 2 is 1.38 bits per heavy atom. The molecule has 1 aliphatic heterocycles. The standard InChI is InChI=1S/C41H76N7O16P3S/c1-4-5-6-7-8-9-10-11-12-13-14-15-16-17-18-19-20-21-25-68-26-24-43-32(49)22-23-44-39(52)36(51)41(2,3)28-61-67(58,59)64-66(56,57)60-27-31-35(63-65(53,54)55)34(50)40(62-31)48-30-47-33-37(42)45-29-46-38(33)48/h29-31,34-36,40,50-51H,4-28H2,1-3H3,(H,43,49)(H,44,52)(H,56,57)(H,58,59)(H2,42,45,46)(H2,53,54,55)/t31-,34-,35-,36+,40-/m1/s1. The van der Waals surface area contributed by atoms with E-state index in [4.69, 9.17) is 19.5 Å². The van der Waals surface area contributed by atoms with Crippen molar-refractivity contribution in [2.45, 2.75) is 173 Å². The van der Waals surface area contributed by atoms with Crippen molar-refractivity contribution >= 4 is 64.0 Å². The molecule has 1 aliphatic rings. The van der Waals surface area contributed by atoms with Crippen LogP contribution in [-0.4, -0.2) is 123 Å². The molecule has 0 radical (unpaired) electrons. The first kappa shape index (κ1) is 60.2. The second-order valence-electron chi connectivity index (χ2n) is 17.7. The molecule has 3 rings (SSSR count). The molecular weight excluding hydrogens is 971 g/mol. The number of unbranched alkanes of at least 4 members (excludes halogenated alkanes) is 17. The van der Waals surface area contributed by atoms with Crippen LogP contribution in [-0.2, 0) is 45.9 Å². The van der Waals surface area contributed by atoms with E-state index in [0.29, 0.717) is 6.54 Å². The van der Waals surface area contributed by atoms with Gasteiger partial charge in [0.2, 0.25) is 11.8 Å². The lowest BCUT2D eigenvalue weighted by Gasteiger charge is -2.30. The quantitative estimate of drug-likeness (QED) is 0.0268. The summed E-state index contributed by atoms with van der Waals surface area (Å²) in [5, 5.41) is 26.8. The number of imidazole rings is 1. The number of anilines is 1. The monoisotopic (exact) mass is 1050 g/mol. The fourth-order valence-corrected chi connectivity index (χ4v) is 11.1. The van der Waals surface area contributed by atoms with Gasteiger partial charge >= 0.3 is 23.5 Å². The van der Waals surface area contributed by atoms with E-state index in [1.165, 1.54) is 123 Å². The van der Waals surface area contributed by atoms with Crippen LogP contribution in [0.5, 0.6) is 0 Å². The average molecular weight is 1050 g/mol. The zero-order chi connectivity index (χ0) is 50.2. The summed E-state index contributed by atoms with van der Waals surface area (Å²) in [5.41, 5.74) is 4.35. The number of aromatic nitrogens is 4. The number of nitrogens with two attached hydrogens (primary N) is 1. The van der Waals surface area contributed by atoms with Crippen LogP contribution in [0, 0.1) is 5.41 Å². The van der Waals surface area contributed by atoms with E-state index in [-0.39, 0.29) is 35.9 Å². The number of fused-ring (bicyclic) bond motifs is 1. The molecule has 2 unspecified atom stereocenters. The number of phosphoric ester groups is 3. The lowest BCUT2D eigenvalue weighted by molar-refractivity contribution is -0.137. The van der Waals surface area contributed by atoms with Crippen LogP contribution >= 0.6 is 35.2 Å². The molecule has 68 heavy (non-hydrogen) atoms. The Hall–Kier alpha value is -2.11. The van der Waals surface area contributed by atoms with Crippen molar-refractivity contribution in [1.29, 1.82) is 0 Å². The molecule has 3 heterocycles. The molecule has 1 saturated heterocycles. The minimum Gasteiger partial charge on any atom is -0.386 e. The zero-order valence-electron chi connectivity index (χ0n) is 39.6. The Morgan fingerprint density at radius 3 is 1.96 bits per heavy atom. The number of rotatable bonds is 38. The molecule has 1 fully saturated rings. The molecule has 23 nitrogen and oxygen atoms in total. The number of hydrogen-bond donors (Lipinski definition) is 9. The molecule has 0 saturated carbocycles.